The first kappa shape index (κ1) is 11.2. The molecule has 0 aromatic heterocycles. The van der Waals surface area contributed by atoms with E-state index in [1.165, 1.54) is 6.07 Å². The van der Waals surface area contributed by atoms with Gasteiger partial charge in [-0.05, 0) is 18.2 Å². The summed E-state index contributed by atoms with van der Waals surface area (Å²) in [4.78, 5) is 13.6. The van der Waals surface area contributed by atoms with E-state index in [2.05, 4.69) is 5.32 Å². The van der Waals surface area contributed by atoms with E-state index in [0.29, 0.717) is 10.6 Å². The van der Waals surface area contributed by atoms with Crippen LogP contribution < -0.4 is 5.32 Å². The zero-order valence-corrected chi connectivity index (χ0v) is 9.66. The minimum atomic E-state index is -0.180. The number of likely N-dealkylation sites (N-methyl/N-ethyl adjacent to an activating group) is 1. The van der Waals surface area contributed by atoms with Crippen molar-refractivity contribution >= 4 is 17.5 Å². The summed E-state index contributed by atoms with van der Waals surface area (Å²) in [6.45, 7) is 1.60. The van der Waals surface area contributed by atoms with Gasteiger partial charge in [-0.1, -0.05) is 11.6 Å². The summed E-state index contributed by atoms with van der Waals surface area (Å²) in [5.74, 6) is -0.253. The number of halogens is 1. The van der Waals surface area contributed by atoms with Gasteiger partial charge in [-0.3, -0.25) is 4.79 Å². The molecule has 0 radical (unpaired) electrons. The second-order valence-electron chi connectivity index (χ2n) is 3.89. The second-order valence-corrected chi connectivity index (χ2v) is 4.33. The number of rotatable bonds is 2. The largest absolute Gasteiger partial charge is 0.507 e. The molecule has 5 heteroatoms. The van der Waals surface area contributed by atoms with Crippen molar-refractivity contribution in [2.75, 3.05) is 20.1 Å². The highest BCUT2D eigenvalue weighted by Crippen LogP contribution is 2.23. The molecule has 0 bridgehead atoms. The van der Waals surface area contributed by atoms with E-state index < -0.39 is 0 Å². The molecule has 0 unspecified atom stereocenters. The average molecular weight is 241 g/mol. The lowest BCUT2D eigenvalue weighted by Crippen LogP contribution is -2.57. The van der Waals surface area contributed by atoms with Crippen LogP contribution in [0.2, 0.25) is 5.02 Å². The minimum Gasteiger partial charge on any atom is -0.507 e. The SMILES string of the molecule is CN(C(=O)c1ccc(Cl)cc1O)C1CNC1. The first-order valence-electron chi connectivity index (χ1n) is 5.06. The van der Waals surface area contributed by atoms with Gasteiger partial charge in [0, 0.05) is 25.2 Å². The molecular weight excluding hydrogens is 228 g/mol. The van der Waals surface area contributed by atoms with Crippen molar-refractivity contribution in [3.05, 3.63) is 28.8 Å². The van der Waals surface area contributed by atoms with Crippen molar-refractivity contribution in [2.24, 2.45) is 0 Å². The molecule has 16 heavy (non-hydrogen) atoms. The van der Waals surface area contributed by atoms with E-state index >= 15 is 0 Å². The number of phenols is 1. The summed E-state index contributed by atoms with van der Waals surface area (Å²) in [5, 5.41) is 13.1. The van der Waals surface area contributed by atoms with E-state index in [-0.39, 0.29) is 17.7 Å². The topological polar surface area (TPSA) is 52.6 Å². The number of nitrogens with zero attached hydrogens (tertiary/aromatic N) is 1. The Morgan fingerprint density at radius 1 is 1.56 bits per heavy atom. The second kappa shape index (κ2) is 4.31. The molecule has 1 fully saturated rings. The Morgan fingerprint density at radius 3 is 2.75 bits per heavy atom. The summed E-state index contributed by atoms with van der Waals surface area (Å²) >= 11 is 5.71. The van der Waals surface area contributed by atoms with Crippen molar-refractivity contribution in [3.63, 3.8) is 0 Å². The zero-order valence-electron chi connectivity index (χ0n) is 8.90. The van der Waals surface area contributed by atoms with Crippen molar-refractivity contribution in [1.82, 2.24) is 10.2 Å². The summed E-state index contributed by atoms with van der Waals surface area (Å²) in [6, 6.07) is 4.73. The van der Waals surface area contributed by atoms with Crippen molar-refractivity contribution in [2.45, 2.75) is 6.04 Å². The van der Waals surface area contributed by atoms with Gasteiger partial charge in [0.2, 0.25) is 0 Å². The van der Waals surface area contributed by atoms with Gasteiger partial charge in [-0.2, -0.15) is 0 Å². The number of benzene rings is 1. The van der Waals surface area contributed by atoms with E-state index in [1.807, 2.05) is 0 Å². The molecule has 1 saturated heterocycles. The standard InChI is InChI=1S/C11H13ClN2O2/c1-14(8-5-13-6-8)11(16)9-3-2-7(12)4-10(9)15/h2-4,8,13,15H,5-6H2,1H3. The van der Waals surface area contributed by atoms with E-state index in [4.69, 9.17) is 11.6 Å². The van der Waals surface area contributed by atoms with Crippen LogP contribution in [0.25, 0.3) is 0 Å². The van der Waals surface area contributed by atoms with Crippen LogP contribution >= 0.6 is 11.6 Å². The van der Waals surface area contributed by atoms with Crippen LogP contribution in [-0.4, -0.2) is 42.1 Å². The predicted molar refractivity (Wildman–Crippen MR) is 61.9 cm³/mol. The number of amides is 1. The normalized spacial score (nSPS) is 15.6. The monoisotopic (exact) mass is 240 g/mol. The maximum absolute atomic E-state index is 12.0. The number of hydrogen-bond donors (Lipinski definition) is 2. The molecule has 0 atom stereocenters. The Kier molecular flexibility index (Phi) is 3.03. The van der Waals surface area contributed by atoms with Crippen LogP contribution in [0.1, 0.15) is 10.4 Å². The van der Waals surface area contributed by atoms with Gasteiger partial charge < -0.3 is 15.3 Å². The molecule has 2 rings (SSSR count). The number of nitrogens with one attached hydrogen (secondary N) is 1. The third-order valence-corrected chi connectivity index (χ3v) is 3.05. The zero-order chi connectivity index (χ0) is 11.7. The van der Waals surface area contributed by atoms with Crippen LogP contribution in [0.5, 0.6) is 5.75 Å². The quantitative estimate of drug-likeness (QED) is 0.814. The van der Waals surface area contributed by atoms with Crippen LogP contribution in [0.15, 0.2) is 18.2 Å². The third kappa shape index (κ3) is 1.99. The fourth-order valence-electron chi connectivity index (χ4n) is 1.59. The molecule has 1 aliphatic heterocycles. The molecular formula is C11H13ClN2O2. The summed E-state index contributed by atoms with van der Waals surface area (Å²) < 4.78 is 0. The molecule has 1 aromatic rings. The average Bonchev–Trinajstić information content (AvgIpc) is 2.14. The molecule has 2 N–H and O–H groups in total. The van der Waals surface area contributed by atoms with Crippen LogP contribution in [0.3, 0.4) is 0 Å². The summed E-state index contributed by atoms with van der Waals surface area (Å²) in [5.41, 5.74) is 0.291. The smallest absolute Gasteiger partial charge is 0.257 e. The Hall–Kier alpha value is -1.26. The van der Waals surface area contributed by atoms with Crippen molar-refractivity contribution < 1.29 is 9.90 Å². The van der Waals surface area contributed by atoms with Gasteiger partial charge in [-0.15, -0.1) is 0 Å². The Balaban J connectivity index is 2.19. The Labute approximate surface area is 98.8 Å². The molecule has 1 aromatic carbocycles. The number of carbonyl (C=O) groups excluding carboxylic acids is 1. The molecule has 86 valence electrons. The van der Waals surface area contributed by atoms with E-state index in [0.717, 1.165) is 13.1 Å². The van der Waals surface area contributed by atoms with E-state index in [1.54, 1.807) is 24.1 Å². The molecule has 1 heterocycles. The predicted octanol–water partition coefficient (Wildman–Crippen LogP) is 1.09. The third-order valence-electron chi connectivity index (χ3n) is 2.82. The van der Waals surface area contributed by atoms with E-state index in [9.17, 15) is 9.90 Å². The lowest BCUT2D eigenvalue weighted by Gasteiger charge is -2.35. The molecule has 4 nitrogen and oxygen atoms in total. The van der Waals surface area contributed by atoms with Crippen molar-refractivity contribution in [3.8, 4) is 5.75 Å². The number of aromatic hydroxyl groups is 1. The van der Waals surface area contributed by atoms with Crippen LogP contribution in [-0.2, 0) is 0 Å². The van der Waals surface area contributed by atoms with Gasteiger partial charge in [0.1, 0.15) is 5.75 Å². The molecule has 1 amide bonds. The highest BCUT2D eigenvalue weighted by Gasteiger charge is 2.27. The Bertz CT molecular complexity index is 418. The molecule has 1 aliphatic rings. The fourth-order valence-corrected chi connectivity index (χ4v) is 1.76. The van der Waals surface area contributed by atoms with Crippen LogP contribution in [0.4, 0.5) is 0 Å². The molecule has 0 aliphatic carbocycles. The van der Waals surface area contributed by atoms with Gasteiger partial charge in [0.05, 0.1) is 11.6 Å². The first-order chi connectivity index (χ1) is 7.59. The number of hydrogen-bond acceptors (Lipinski definition) is 3. The highest BCUT2D eigenvalue weighted by atomic mass is 35.5. The summed E-state index contributed by atoms with van der Waals surface area (Å²) in [7, 11) is 1.74. The highest BCUT2D eigenvalue weighted by molar-refractivity contribution is 6.30. The minimum absolute atomic E-state index is 0.0726. The molecule has 0 saturated carbocycles. The maximum atomic E-state index is 12.0. The molecule has 0 spiro atoms. The van der Waals surface area contributed by atoms with Crippen LogP contribution in [0, 0.1) is 0 Å². The Morgan fingerprint density at radius 2 is 2.25 bits per heavy atom. The van der Waals surface area contributed by atoms with Crippen molar-refractivity contribution in [1.29, 1.82) is 0 Å². The van der Waals surface area contributed by atoms with Gasteiger partial charge in [-0.25, -0.2) is 0 Å². The number of phenolic OH excluding ortho intramolecular Hbond substituents is 1. The lowest BCUT2D eigenvalue weighted by molar-refractivity contribution is 0.0678. The van der Waals surface area contributed by atoms with Gasteiger partial charge in [0.15, 0.2) is 0 Å². The fraction of sp³-hybridized carbons (Fsp3) is 0.364. The maximum Gasteiger partial charge on any atom is 0.257 e. The number of carbonyl (C=O) groups is 1. The van der Waals surface area contributed by atoms with Gasteiger partial charge >= 0.3 is 0 Å². The van der Waals surface area contributed by atoms with Gasteiger partial charge in [0.25, 0.3) is 5.91 Å². The first-order valence-corrected chi connectivity index (χ1v) is 5.44. The lowest BCUT2D eigenvalue weighted by atomic mass is 10.1. The summed E-state index contributed by atoms with van der Waals surface area (Å²) in [6.07, 6.45) is 0.